The first-order chi connectivity index (χ1) is 19.2. The molecular weight excluding hydrogens is 505 g/mol. The molecule has 40 heavy (non-hydrogen) atoms. The van der Waals surface area contributed by atoms with Crippen LogP contribution in [0.3, 0.4) is 0 Å². The monoisotopic (exact) mass is 543 g/mol. The highest BCUT2D eigenvalue weighted by molar-refractivity contribution is 5.94. The molecule has 210 valence electrons. The van der Waals surface area contributed by atoms with E-state index in [0.717, 1.165) is 5.56 Å². The number of hydrogen-bond donors (Lipinski definition) is 1. The van der Waals surface area contributed by atoms with Crippen molar-refractivity contribution in [3.05, 3.63) is 114 Å². The van der Waals surface area contributed by atoms with Gasteiger partial charge in [-0.2, -0.15) is 0 Å². The molecular formula is C33H38FN3O3. The average Bonchev–Trinajstić information content (AvgIpc) is 2.97. The van der Waals surface area contributed by atoms with E-state index in [-0.39, 0.29) is 29.6 Å². The highest BCUT2D eigenvalue weighted by Gasteiger charge is 2.28. The lowest BCUT2D eigenvalue weighted by Gasteiger charge is -2.40. The molecule has 6 nitrogen and oxygen atoms in total. The predicted octanol–water partition coefficient (Wildman–Crippen LogP) is 5.51. The van der Waals surface area contributed by atoms with Crippen LogP contribution in [-0.4, -0.2) is 60.4 Å². The Morgan fingerprint density at radius 2 is 1.80 bits per heavy atom. The quantitative estimate of drug-likeness (QED) is 0.343. The maximum atomic E-state index is 14.5. The third-order valence-electron chi connectivity index (χ3n) is 7.49. The first kappa shape index (κ1) is 29.0. The number of aryl methyl sites for hydroxylation is 1. The summed E-state index contributed by atoms with van der Waals surface area (Å²) in [5, 5.41) is 3.01. The van der Waals surface area contributed by atoms with Crippen molar-refractivity contribution < 1.29 is 18.7 Å². The van der Waals surface area contributed by atoms with Gasteiger partial charge in [0.2, 0.25) is 5.91 Å². The van der Waals surface area contributed by atoms with Gasteiger partial charge in [-0.3, -0.25) is 14.5 Å². The number of benzene rings is 3. The van der Waals surface area contributed by atoms with Gasteiger partial charge in [0.15, 0.2) is 0 Å². The van der Waals surface area contributed by atoms with Crippen molar-refractivity contribution >= 4 is 11.8 Å². The molecule has 3 atom stereocenters. The van der Waals surface area contributed by atoms with E-state index in [4.69, 9.17) is 4.74 Å². The number of halogens is 1. The van der Waals surface area contributed by atoms with E-state index in [1.807, 2.05) is 36.1 Å². The Balaban J connectivity index is 1.42. The number of ether oxygens (including phenoxy) is 1. The molecule has 1 saturated heterocycles. The summed E-state index contributed by atoms with van der Waals surface area (Å²) in [6, 6.07) is 22.3. The molecule has 0 spiro atoms. The van der Waals surface area contributed by atoms with Gasteiger partial charge in [0.1, 0.15) is 17.7 Å². The zero-order valence-electron chi connectivity index (χ0n) is 23.5. The van der Waals surface area contributed by atoms with Gasteiger partial charge in [0, 0.05) is 44.3 Å². The van der Waals surface area contributed by atoms with Crippen LogP contribution in [0.1, 0.15) is 52.9 Å². The molecule has 0 aromatic heterocycles. The largest absolute Gasteiger partial charge is 0.484 e. The summed E-state index contributed by atoms with van der Waals surface area (Å²) in [5.41, 5.74) is 3.03. The van der Waals surface area contributed by atoms with E-state index in [9.17, 15) is 14.0 Å². The Kier molecular flexibility index (Phi) is 9.72. The van der Waals surface area contributed by atoms with Gasteiger partial charge in [-0.15, -0.1) is 0 Å². The molecule has 0 saturated carbocycles. The fourth-order valence-corrected chi connectivity index (χ4v) is 4.99. The van der Waals surface area contributed by atoms with Crippen LogP contribution in [0.4, 0.5) is 4.39 Å². The summed E-state index contributed by atoms with van der Waals surface area (Å²) in [6.07, 6.45) is 0.913. The standard InChI is InChI=1S/C33H38FN3O3/c1-5-32(38)37-18-17-36(21-25(37)4)22-31(28-12-11-23(2)30(34)19-28)40-29-15-13-27(14-16-29)33(39)35-20-24(3)26-9-7-6-8-10-26/h5-16,19,24-25,31H,1,17-18,20-22H2,2-4H3,(H,35,39)/t24-,25+,31-/m0/s1. The van der Waals surface area contributed by atoms with Crippen molar-refractivity contribution in [2.45, 2.75) is 38.8 Å². The summed E-state index contributed by atoms with van der Waals surface area (Å²) in [4.78, 5) is 29.0. The predicted molar refractivity (Wildman–Crippen MR) is 156 cm³/mol. The molecule has 1 heterocycles. The zero-order valence-corrected chi connectivity index (χ0v) is 23.5. The number of piperazine rings is 1. The van der Waals surface area contributed by atoms with E-state index in [2.05, 4.69) is 35.9 Å². The van der Waals surface area contributed by atoms with Crippen molar-refractivity contribution in [3.8, 4) is 5.75 Å². The first-order valence-electron chi connectivity index (χ1n) is 13.8. The Bertz CT molecular complexity index is 1310. The van der Waals surface area contributed by atoms with Gasteiger partial charge in [-0.05, 0) is 72.9 Å². The number of nitrogens with one attached hydrogen (secondary N) is 1. The van der Waals surface area contributed by atoms with Gasteiger partial charge in [-0.25, -0.2) is 4.39 Å². The van der Waals surface area contributed by atoms with E-state index in [1.165, 1.54) is 17.7 Å². The summed E-state index contributed by atoms with van der Waals surface area (Å²) in [5.74, 6) is 0.292. The Hall–Kier alpha value is -3.97. The number of carbonyl (C=O) groups is 2. The topological polar surface area (TPSA) is 61.9 Å². The van der Waals surface area contributed by atoms with Crippen molar-refractivity contribution in [2.24, 2.45) is 0 Å². The molecule has 3 aromatic rings. The molecule has 0 aliphatic carbocycles. The number of nitrogens with zero attached hydrogens (tertiary/aromatic N) is 2. The lowest BCUT2D eigenvalue weighted by atomic mass is 10.0. The molecule has 7 heteroatoms. The minimum Gasteiger partial charge on any atom is -0.484 e. The van der Waals surface area contributed by atoms with Crippen molar-refractivity contribution in [3.63, 3.8) is 0 Å². The smallest absolute Gasteiger partial charge is 0.251 e. The fraction of sp³-hybridized carbons (Fsp3) is 0.333. The number of rotatable bonds is 10. The van der Waals surface area contributed by atoms with Crippen LogP contribution in [-0.2, 0) is 4.79 Å². The lowest BCUT2D eigenvalue weighted by Crippen LogP contribution is -2.54. The van der Waals surface area contributed by atoms with E-state index in [0.29, 0.717) is 49.6 Å². The van der Waals surface area contributed by atoms with Crippen molar-refractivity contribution in [2.75, 3.05) is 32.7 Å². The Morgan fingerprint density at radius 1 is 1.07 bits per heavy atom. The third-order valence-corrected chi connectivity index (χ3v) is 7.49. The lowest BCUT2D eigenvalue weighted by molar-refractivity contribution is -0.130. The molecule has 1 aliphatic rings. The normalized spacial score (nSPS) is 17.1. The van der Waals surface area contributed by atoms with Gasteiger partial charge in [0.25, 0.3) is 5.91 Å². The van der Waals surface area contributed by atoms with Gasteiger partial charge in [-0.1, -0.05) is 56.0 Å². The Morgan fingerprint density at radius 3 is 2.45 bits per heavy atom. The summed E-state index contributed by atoms with van der Waals surface area (Å²) in [7, 11) is 0. The molecule has 1 N–H and O–H groups in total. The van der Waals surface area contributed by atoms with Crippen LogP contribution in [0.15, 0.2) is 85.5 Å². The third kappa shape index (κ3) is 7.36. The molecule has 1 fully saturated rings. The molecule has 3 aromatic carbocycles. The van der Waals surface area contributed by atoms with Gasteiger partial charge < -0.3 is 15.0 Å². The first-order valence-corrected chi connectivity index (χ1v) is 13.8. The minimum absolute atomic E-state index is 0.0251. The second-order valence-corrected chi connectivity index (χ2v) is 10.5. The summed E-state index contributed by atoms with van der Waals surface area (Å²) in [6.45, 7) is 12.4. The van der Waals surface area contributed by atoms with Crippen LogP contribution in [0, 0.1) is 12.7 Å². The van der Waals surface area contributed by atoms with E-state index in [1.54, 1.807) is 37.3 Å². The Labute approximate surface area is 236 Å². The molecule has 0 unspecified atom stereocenters. The van der Waals surface area contributed by atoms with Gasteiger partial charge >= 0.3 is 0 Å². The van der Waals surface area contributed by atoms with Crippen LogP contribution in [0.2, 0.25) is 0 Å². The summed E-state index contributed by atoms with van der Waals surface area (Å²) < 4.78 is 20.9. The van der Waals surface area contributed by atoms with Crippen molar-refractivity contribution in [1.29, 1.82) is 0 Å². The number of amides is 2. The maximum absolute atomic E-state index is 14.5. The second-order valence-electron chi connectivity index (χ2n) is 10.5. The number of hydrogen-bond acceptors (Lipinski definition) is 4. The van der Waals surface area contributed by atoms with Crippen LogP contribution < -0.4 is 10.1 Å². The summed E-state index contributed by atoms with van der Waals surface area (Å²) >= 11 is 0. The van der Waals surface area contributed by atoms with Crippen LogP contribution in [0.25, 0.3) is 0 Å². The van der Waals surface area contributed by atoms with Gasteiger partial charge in [0.05, 0.1) is 0 Å². The maximum Gasteiger partial charge on any atom is 0.251 e. The highest BCUT2D eigenvalue weighted by atomic mass is 19.1. The minimum atomic E-state index is -0.435. The zero-order chi connectivity index (χ0) is 28.6. The fourth-order valence-electron chi connectivity index (χ4n) is 4.99. The molecule has 4 rings (SSSR count). The van der Waals surface area contributed by atoms with Crippen LogP contribution >= 0.6 is 0 Å². The molecule has 2 amide bonds. The second kappa shape index (κ2) is 13.4. The SMILES string of the molecule is C=CC(=O)N1CCN(C[C@H](Oc2ccc(C(=O)NC[C@H](C)c3ccccc3)cc2)c2ccc(C)c(F)c2)C[C@H]1C. The van der Waals surface area contributed by atoms with E-state index >= 15 is 0 Å². The highest BCUT2D eigenvalue weighted by Crippen LogP contribution is 2.26. The van der Waals surface area contributed by atoms with E-state index < -0.39 is 6.10 Å². The van der Waals surface area contributed by atoms with Crippen molar-refractivity contribution in [1.82, 2.24) is 15.1 Å². The number of carbonyl (C=O) groups excluding carboxylic acids is 2. The molecule has 1 aliphatic heterocycles. The molecule has 0 bridgehead atoms. The molecule has 0 radical (unpaired) electrons. The average molecular weight is 544 g/mol. The van der Waals surface area contributed by atoms with Crippen LogP contribution in [0.5, 0.6) is 5.75 Å².